The van der Waals surface area contributed by atoms with E-state index < -0.39 is 20.7 Å². The summed E-state index contributed by atoms with van der Waals surface area (Å²) >= 11 is 3.07. The third kappa shape index (κ3) is 3.20. The summed E-state index contributed by atoms with van der Waals surface area (Å²) in [4.78, 5) is 3.45. The van der Waals surface area contributed by atoms with Gasteiger partial charge in [-0.1, -0.05) is 15.9 Å². The van der Waals surface area contributed by atoms with Crippen molar-refractivity contribution in [3.63, 3.8) is 0 Å². The van der Waals surface area contributed by atoms with Gasteiger partial charge in [-0.3, -0.25) is 0 Å². The smallest absolute Gasteiger partial charge is 0.243 e. The molecule has 0 saturated heterocycles. The molecule has 19 heavy (non-hydrogen) atoms. The summed E-state index contributed by atoms with van der Waals surface area (Å²) in [5, 5.41) is 0. The monoisotopic (exact) mass is 348 g/mol. The van der Waals surface area contributed by atoms with Gasteiger partial charge in [-0.2, -0.15) is 0 Å². The minimum atomic E-state index is -3.93. The van der Waals surface area contributed by atoms with Gasteiger partial charge in [0.05, 0.1) is 12.2 Å². The highest BCUT2D eigenvalue weighted by Gasteiger charge is 2.19. The molecule has 5 nitrogen and oxygen atoms in total. The normalized spacial score (nSPS) is 11.7. The Labute approximate surface area is 118 Å². The third-order valence-corrected chi connectivity index (χ3v) is 4.39. The third-order valence-electron chi connectivity index (χ3n) is 2.46. The molecule has 0 saturated carbocycles. The van der Waals surface area contributed by atoms with E-state index in [1.54, 1.807) is 6.92 Å². The molecule has 0 amide bonds. The molecule has 0 aliphatic heterocycles. The van der Waals surface area contributed by atoms with Gasteiger partial charge in [0.1, 0.15) is 16.5 Å². The molecule has 0 spiro atoms. The van der Waals surface area contributed by atoms with E-state index in [4.69, 9.17) is 4.42 Å². The molecule has 1 aromatic heterocycles. The van der Waals surface area contributed by atoms with Crippen LogP contribution in [0.15, 0.2) is 38.4 Å². The zero-order valence-electron chi connectivity index (χ0n) is 9.85. The van der Waals surface area contributed by atoms with Gasteiger partial charge in [0.15, 0.2) is 6.39 Å². The number of nitrogens with zero attached hydrogens (tertiary/aromatic N) is 1. The van der Waals surface area contributed by atoms with Gasteiger partial charge in [0.25, 0.3) is 0 Å². The van der Waals surface area contributed by atoms with Crippen LogP contribution in [0.25, 0.3) is 0 Å². The van der Waals surface area contributed by atoms with Crippen molar-refractivity contribution in [2.45, 2.75) is 18.4 Å². The summed E-state index contributed by atoms with van der Waals surface area (Å²) in [5.41, 5.74) is 0.459. The average molecular weight is 349 g/mol. The van der Waals surface area contributed by atoms with Gasteiger partial charge in [-0.25, -0.2) is 22.5 Å². The molecule has 0 aliphatic carbocycles. The minimum absolute atomic E-state index is 0.0554. The lowest BCUT2D eigenvalue weighted by Gasteiger charge is -2.07. The largest absolute Gasteiger partial charge is 0.448 e. The maximum Gasteiger partial charge on any atom is 0.243 e. The zero-order valence-corrected chi connectivity index (χ0v) is 12.3. The lowest BCUT2D eigenvalue weighted by atomic mass is 10.3. The number of rotatable bonds is 4. The molecule has 2 aromatic rings. The average Bonchev–Trinajstić information content (AvgIpc) is 2.72. The Morgan fingerprint density at radius 1 is 1.47 bits per heavy atom. The number of aryl methyl sites for hydroxylation is 1. The summed E-state index contributed by atoms with van der Waals surface area (Å²) in [7, 11) is -3.93. The molecule has 0 bridgehead atoms. The Balaban J connectivity index is 2.21. The number of sulfonamides is 1. The second-order valence-electron chi connectivity index (χ2n) is 3.75. The summed E-state index contributed by atoms with van der Waals surface area (Å²) in [6, 6.07) is 3.74. The molecule has 0 aliphatic rings. The van der Waals surface area contributed by atoms with Crippen molar-refractivity contribution in [1.29, 1.82) is 0 Å². The first kappa shape index (κ1) is 14.2. The molecule has 1 N–H and O–H groups in total. The van der Waals surface area contributed by atoms with Crippen LogP contribution < -0.4 is 4.72 Å². The lowest BCUT2D eigenvalue weighted by Crippen LogP contribution is -2.24. The molecule has 2 rings (SSSR count). The van der Waals surface area contributed by atoms with Gasteiger partial charge >= 0.3 is 0 Å². The van der Waals surface area contributed by atoms with E-state index in [-0.39, 0.29) is 6.54 Å². The zero-order chi connectivity index (χ0) is 14.0. The molecule has 1 aromatic carbocycles. The Hall–Kier alpha value is -1.25. The Bertz CT molecular complexity index is 700. The maximum absolute atomic E-state index is 13.6. The SMILES string of the molecule is Cc1ocnc1CNS(=O)(=O)c1ccc(Br)cc1F. The molecule has 0 atom stereocenters. The van der Waals surface area contributed by atoms with Crippen molar-refractivity contribution in [2.75, 3.05) is 0 Å². The van der Waals surface area contributed by atoms with E-state index >= 15 is 0 Å². The van der Waals surface area contributed by atoms with E-state index in [2.05, 4.69) is 25.6 Å². The number of aromatic nitrogens is 1. The molecule has 0 unspecified atom stereocenters. The van der Waals surface area contributed by atoms with Gasteiger partial charge in [-0.05, 0) is 25.1 Å². The fourth-order valence-corrected chi connectivity index (χ4v) is 2.81. The highest BCUT2D eigenvalue weighted by Crippen LogP contribution is 2.19. The van der Waals surface area contributed by atoms with Crippen molar-refractivity contribution in [1.82, 2.24) is 9.71 Å². The number of halogens is 2. The summed E-state index contributed by atoms with van der Waals surface area (Å²) in [6.07, 6.45) is 1.22. The summed E-state index contributed by atoms with van der Waals surface area (Å²) in [6.45, 7) is 1.61. The van der Waals surface area contributed by atoms with Crippen LogP contribution in [0.4, 0.5) is 4.39 Å². The van der Waals surface area contributed by atoms with E-state index in [1.165, 1.54) is 18.5 Å². The highest BCUT2D eigenvalue weighted by molar-refractivity contribution is 9.10. The first-order valence-electron chi connectivity index (χ1n) is 5.24. The van der Waals surface area contributed by atoms with Crippen LogP contribution in [-0.2, 0) is 16.6 Å². The summed E-state index contributed by atoms with van der Waals surface area (Å²) in [5.74, 6) is -0.308. The van der Waals surface area contributed by atoms with Gasteiger partial charge < -0.3 is 4.42 Å². The predicted molar refractivity (Wildman–Crippen MR) is 69.4 cm³/mol. The van der Waals surface area contributed by atoms with E-state index in [0.29, 0.717) is 15.9 Å². The van der Waals surface area contributed by atoms with E-state index in [9.17, 15) is 12.8 Å². The van der Waals surface area contributed by atoms with Crippen molar-refractivity contribution in [2.24, 2.45) is 0 Å². The van der Waals surface area contributed by atoms with Crippen LogP contribution in [0, 0.1) is 12.7 Å². The minimum Gasteiger partial charge on any atom is -0.448 e. The first-order chi connectivity index (χ1) is 8.90. The van der Waals surface area contributed by atoms with Crippen LogP contribution in [0.2, 0.25) is 0 Å². The molecule has 0 radical (unpaired) electrons. The van der Waals surface area contributed by atoms with Crippen LogP contribution in [0.1, 0.15) is 11.5 Å². The van der Waals surface area contributed by atoms with Gasteiger partial charge in [0.2, 0.25) is 10.0 Å². The lowest BCUT2D eigenvalue weighted by molar-refractivity contribution is 0.523. The fraction of sp³-hybridized carbons (Fsp3) is 0.182. The van der Waals surface area contributed by atoms with E-state index in [0.717, 1.165) is 6.07 Å². The molecular formula is C11H10BrFN2O3S. The number of benzene rings is 1. The van der Waals surface area contributed by atoms with Crippen molar-refractivity contribution in [3.8, 4) is 0 Å². The molecule has 102 valence electrons. The molecule has 8 heteroatoms. The topological polar surface area (TPSA) is 72.2 Å². The second kappa shape index (κ2) is 5.40. The van der Waals surface area contributed by atoms with Crippen molar-refractivity contribution >= 4 is 26.0 Å². The highest BCUT2D eigenvalue weighted by atomic mass is 79.9. The summed E-state index contributed by atoms with van der Waals surface area (Å²) < 4.78 is 45.2. The Kier molecular flexibility index (Phi) is 4.02. The number of nitrogens with one attached hydrogen (secondary N) is 1. The van der Waals surface area contributed by atoms with Crippen LogP contribution >= 0.6 is 15.9 Å². The maximum atomic E-state index is 13.6. The number of hydrogen-bond donors (Lipinski definition) is 1. The second-order valence-corrected chi connectivity index (χ2v) is 6.41. The van der Waals surface area contributed by atoms with Gasteiger partial charge in [-0.15, -0.1) is 0 Å². The van der Waals surface area contributed by atoms with Crippen LogP contribution in [0.5, 0.6) is 0 Å². The van der Waals surface area contributed by atoms with Crippen molar-refractivity contribution in [3.05, 3.63) is 46.3 Å². The fourth-order valence-electron chi connectivity index (χ4n) is 1.43. The molecule has 0 fully saturated rings. The predicted octanol–water partition coefficient (Wildman–Crippen LogP) is 2.36. The van der Waals surface area contributed by atoms with Gasteiger partial charge in [0, 0.05) is 4.47 Å². The molecule has 1 heterocycles. The molecular weight excluding hydrogens is 339 g/mol. The van der Waals surface area contributed by atoms with E-state index in [1.807, 2.05) is 0 Å². The number of hydrogen-bond acceptors (Lipinski definition) is 4. The first-order valence-corrected chi connectivity index (χ1v) is 7.51. The van der Waals surface area contributed by atoms with Crippen LogP contribution in [0.3, 0.4) is 0 Å². The number of oxazole rings is 1. The Morgan fingerprint density at radius 2 is 2.21 bits per heavy atom. The quantitative estimate of drug-likeness (QED) is 0.920. The Morgan fingerprint density at radius 3 is 2.79 bits per heavy atom. The van der Waals surface area contributed by atoms with Crippen molar-refractivity contribution < 1.29 is 17.2 Å². The standard InChI is InChI=1S/C11H10BrFN2O3S/c1-7-10(14-6-18-7)5-15-19(16,17)11-3-2-8(12)4-9(11)13/h2-4,6,15H,5H2,1H3. The van der Waals surface area contributed by atoms with Crippen LogP contribution in [-0.4, -0.2) is 13.4 Å².